The number of anilines is 2. The van der Waals surface area contributed by atoms with Crippen molar-refractivity contribution in [3.63, 3.8) is 0 Å². The number of aromatic nitrogens is 2. The monoisotopic (exact) mass is 265 g/mol. The van der Waals surface area contributed by atoms with Crippen LogP contribution in [0.4, 0.5) is 11.6 Å². The van der Waals surface area contributed by atoms with E-state index in [2.05, 4.69) is 62.3 Å². The van der Waals surface area contributed by atoms with Crippen molar-refractivity contribution < 1.29 is 0 Å². The number of nitrogens with one attached hydrogen (secondary N) is 2. The van der Waals surface area contributed by atoms with Gasteiger partial charge in [-0.05, 0) is 11.8 Å². The number of nitrogen functional groups attached to an aromatic ring is 1. The first kappa shape index (κ1) is 15.7. The molecule has 0 bridgehead atoms. The van der Waals surface area contributed by atoms with Crippen LogP contribution in [-0.2, 0) is 5.41 Å². The smallest absolute Gasteiger partial charge is 0.145 e. The summed E-state index contributed by atoms with van der Waals surface area (Å²) in [5, 5.41) is 3.38. The van der Waals surface area contributed by atoms with Crippen LogP contribution in [-0.4, -0.2) is 16.5 Å². The summed E-state index contributed by atoms with van der Waals surface area (Å²) in [5.41, 5.74) is 2.73. The van der Waals surface area contributed by atoms with Crippen molar-refractivity contribution in [2.75, 3.05) is 17.3 Å². The van der Waals surface area contributed by atoms with Gasteiger partial charge in [0.1, 0.15) is 17.5 Å². The third kappa shape index (κ3) is 4.67. The van der Waals surface area contributed by atoms with Crippen LogP contribution >= 0.6 is 0 Å². The van der Waals surface area contributed by atoms with Crippen LogP contribution in [0.2, 0.25) is 0 Å². The highest BCUT2D eigenvalue weighted by Crippen LogP contribution is 2.24. The van der Waals surface area contributed by atoms with Gasteiger partial charge in [-0.1, -0.05) is 41.5 Å². The Hall–Kier alpha value is -1.36. The fraction of sp³-hybridized carbons (Fsp3) is 0.714. The van der Waals surface area contributed by atoms with E-state index < -0.39 is 0 Å². The van der Waals surface area contributed by atoms with Crippen LogP contribution in [0.3, 0.4) is 0 Å². The van der Waals surface area contributed by atoms with Gasteiger partial charge in [0.15, 0.2) is 0 Å². The van der Waals surface area contributed by atoms with Crippen molar-refractivity contribution >= 4 is 11.6 Å². The third-order valence-electron chi connectivity index (χ3n) is 3.25. The highest BCUT2D eigenvalue weighted by atomic mass is 15.3. The lowest BCUT2D eigenvalue weighted by Crippen LogP contribution is -2.24. The van der Waals surface area contributed by atoms with Crippen LogP contribution in [0.25, 0.3) is 0 Å². The van der Waals surface area contributed by atoms with Gasteiger partial charge in [-0.15, -0.1) is 0 Å². The van der Waals surface area contributed by atoms with Crippen molar-refractivity contribution in [3.8, 4) is 0 Å². The van der Waals surface area contributed by atoms with E-state index in [4.69, 9.17) is 5.84 Å². The molecule has 5 nitrogen and oxygen atoms in total. The SMILES string of the molecule is CCC(C)(C)CNc1cc(NN)nc(C(C)(C)C)n1. The molecule has 0 aliphatic rings. The van der Waals surface area contributed by atoms with E-state index in [1.165, 1.54) is 0 Å². The molecule has 0 spiro atoms. The summed E-state index contributed by atoms with van der Waals surface area (Å²) >= 11 is 0. The van der Waals surface area contributed by atoms with E-state index in [0.717, 1.165) is 24.6 Å². The number of nitrogens with zero attached hydrogens (tertiary/aromatic N) is 2. The summed E-state index contributed by atoms with van der Waals surface area (Å²) in [5.74, 6) is 7.70. The third-order valence-corrected chi connectivity index (χ3v) is 3.25. The van der Waals surface area contributed by atoms with Gasteiger partial charge in [0, 0.05) is 18.0 Å². The highest BCUT2D eigenvalue weighted by Gasteiger charge is 2.20. The van der Waals surface area contributed by atoms with Gasteiger partial charge in [0.25, 0.3) is 0 Å². The predicted molar refractivity (Wildman–Crippen MR) is 81.1 cm³/mol. The first-order valence-corrected chi connectivity index (χ1v) is 6.78. The predicted octanol–water partition coefficient (Wildman–Crippen LogP) is 2.91. The minimum absolute atomic E-state index is 0.108. The molecule has 0 atom stereocenters. The molecule has 0 unspecified atom stereocenters. The molecule has 4 N–H and O–H groups in total. The second-order valence-electron chi connectivity index (χ2n) is 6.73. The molecule has 1 aromatic rings. The molecule has 0 fully saturated rings. The molecule has 1 heterocycles. The maximum absolute atomic E-state index is 5.47. The molecule has 19 heavy (non-hydrogen) atoms. The summed E-state index contributed by atoms with van der Waals surface area (Å²) in [6, 6.07) is 1.83. The molecule has 0 saturated heterocycles. The molecule has 108 valence electrons. The van der Waals surface area contributed by atoms with Crippen LogP contribution in [0.15, 0.2) is 6.07 Å². The molecule has 5 heteroatoms. The Morgan fingerprint density at radius 1 is 1.11 bits per heavy atom. The minimum atomic E-state index is -0.108. The number of rotatable bonds is 5. The topological polar surface area (TPSA) is 75.9 Å². The number of nitrogens with two attached hydrogens (primary N) is 1. The molecule has 0 aromatic carbocycles. The Labute approximate surface area is 116 Å². The zero-order chi connectivity index (χ0) is 14.7. The highest BCUT2D eigenvalue weighted by molar-refractivity contribution is 5.47. The number of hydrazine groups is 1. The Balaban J connectivity index is 2.95. The van der Waals surface area contributed by atoms with Gasteiger partial charge >= 0.3 is 0 Å². The Morgan fingerprint density at radius 3 is 2.16 bits per heavy atom. The standard InChI is InChI=1S/C14H27N5/c1-7-14(5,6)9-16-10-8-11(19-15)18-12(17-10)13(2,3)4/h8H,7,9,15H2,1-6H3,(H2,16,17,18,19). The van der Waals surface area contributed by atoms with E-state index in [9.17, 15) is 0 Å². The summed E-state index contributed by atoms with van der Waals surface area (Å²) in [7, 11) is 0. The van der Waals surface area contributed by atoms with Gasteiger partial charge in [-0.25, -0.2) is 15.8 Å². The molecular formula is C14H27N5. The fourth-order valence-corrected chi connectivity index (χ4v) is 1.40. The molecule has 1 rings (SSSR count). The average molecular weight is 265 g/mol. The number of hydrogen-bond acceptors (Lipinski definition) is 5. The lowest BCUT2D eigenvalue weighted by molar-refractivity contribution is 0.376. The minimum Gasteiger partial charge on any atom is -0.369 e. The molecule has 0 aliphatic carbocycles. The van der Waals surface area contributed by atoms with Crippen molar-refractivity contribution in [1.29, 1.82) is 0 Å². The van der Waals surface area contributed by atoms with E-state index in [-0.39, 0.29) is 10.8 Å². The number of hydrogen-bond donors (Lipinski definition) is 3. The largest absolute Gasteiger partial charge is 0.369 e. The molecular weight excluding hydrogens is 238 g/mol. The Bertz CT molecular complexity index is 420. The molecule has 0 saturated carbocycles. The summed E-state index contributed by atoms with van der Waals surface area (Å²) in [6.07, 6.45) is 1.11. The van der Waals surface area contributed by atoms with Crippen molar-refractivity contribution in [2.24, 2.45) is 11.3 Å². The van der Waals surface area contributed by atoms with Gasteiger partial charge in [0.2, 0.25) is 0 Å². The Morgan fingerprint density at radius 2 is 1.68 bits per heavy atom. The maximum Gasteiger partial charge on any atom is 0.145 e. The van der Waals surface area contributed by atoms with Crippen LogP contribution in [0.1, 0.15) is 53.8 Å². The van der Waals surface area contributed by atoms with Crippen LogP contribution < -0.4 is 16.6 Å². The summed E-state index contributed by atoms with van der Waals surface area (Å²) in [4.78, 5) is 8.97. The van der Waals surface area contributed by atoms with Crippen molar-refractivity contribution in [3.05, 3.63) is 11.9 Å². The van der Waals surface area contributed by atoms with Crippen LogP contribution in [0.5, 0.6) is 0 Å². The van der Waals surface area contributed by atoms with Crippen LogP contribution in [0, 0.1) is 5.41 Å². The lowest BCUT2D eigenvalue weighted by Gasteiger charge is -2.24. The maximum atomic E-state index is 5.47. The lowest BCUT2D eigenvalue weighted by atomic mass is 9.90. The van der Waals surface area contributed by atoms with Gasteiger partial charge in [-0.2, -0.15) is 0 Å². The molecule has 0 aliphatic heterocycles. The zero-order valence-corrected chi connectivity index (χ0v) is 13.0. The van der Waals surface area contributed by atoms with E-state index >= 15 is 0 Å². The summed E-state index contributed by atoms with van der Waals surface area (Å²) < 4.78 is 0. The van der Waals surface area contributed by atoms with Gasteiger partial charge in [0.05, 0.1) is 0 Å². The zero-order valence-electron chi connectivity index (χ0n) is 13.0. The molecule has 0 amide bonds. The molecule has 1 aromatic heterocycles. The normalized spacial score (nSPS) is 12.4. The molecule has 0 radical (unpaired) electrons. The average Bonchev–Trinajstić information content (AvgIpc) is 2.35. The van der Waals surface area contributed by atoms with E-state index in [1.54, 1.807) is 0 Å². The summed E-state index contributed by atoms with van der Waals surface area (Å²) in [6.45, 7) is 13.8. The Kier molecular flexibility index (Phi) is 4.74. The quantitative estimate of drug-likeness (QED) is 0.564. The van der Waals surface area contributed by atoms with E-state index in [1.807, 2.05) is 6.07 Å². The first-order chi connectivity index (χ1) is 8.68. The van der Waals surface area contributed by atoms with E-state index in [0.29, 0.717) is 5.82 Å². The van der Waals surface area contributed by atoms with Crippen molar-refractivity contribution in [2.45, 2.75) is 53.4 Å². The van der Waals surface area contributed by atoms with Gasteiger partial charge < -0.3 is 10.7 Å². The fourth-order valence-electron chi connectivity index (χ4n) is 1.40. The van der Waals surface area contributed by atoms with Crippen molar-refractivity contribution in [1.82, 2.24) is 9.97 Å². The van der Waals surface area contributed by atoms with Gasteiger partial charge in [-0.3, -0.25) is 0 Å². The first-order valence-electron chi connectivity index (χ1n) is 6.78. The second-order valence-corrected chi connectivity index (χ2v) is 6.73. The second kappa shape index (κ2) is 5.74.